The third kappa shape index (κ3) is 3.48. The molecular weight excluding hydrogens is 508 g/mol. The van der Waals surface area contributed by atoms with Crippen LogP contribution in [0.3, 0.4) is 0 Å². The highest BCUT2D eigenvalue weighted by molar-refractivity contribution is 5.64. The van der Waals surface area contributed by atoms with Crippen LogP contribution in [0.15, 0.2) is 71.3 Å². The van der Waals surface area contributed by atoms with Crippen LogP contribution in [0.5, 0.6) is 23.0 Å². The van der Waals surface area contributed by atoms with E-state index in [1.807, 2.05) is 75.4 Å². The van der Waals surface area contributed by atoms with Crippen LogP contribution in [0.4, 0.5) is 0 Å². The number of ether oxygens (including phenoxy) is 4. The van der Waals surface area contributed by atoms with Crippen LogP contribution < -0.4 is 18.9 Å². The zero-order valence-corrected chi connectivity index (χ0v) is 23.5. The van der Waals surface area contributed by atoms with E-state index in [-0.39, 0.29) is 5.92 Å². The Kier molecular flexibility index (Phi) is 6.26. The number of nitrogens with zero attached hydrogens (tertiary/aromatic N) is 2. The molecule has 1 fully saturated rings. The maximum Gasteiger partial charge on any atom is 0.233 e. The molecule has 1 saturated carbocycles. The zero-order valence-electron chi connectivity index (χ0n) is 23.5. The van der Waals surface area contributed by atoms with Crippen molar-refractivity contribution in [1.82, 2.24) is 10.1 Å². The average molecular weight is 543 g/mol. The van der Waals surface area contributed by atoms with Crippen molar-refractivity contribution in [3.05, 3.63) is 95.1 Å². The first-order valence-electron chi connectivity index (χ1n) is 13.5. The van der Waals surface area contributed by atoms with Gasteiger partial charge in [0.25, 0.3) is 0 Å². The largest absolute Gasteiger partial charge is 0.497 e. The highest BCUT2D eigenvalue weighted by Crippen LogP contribution is 2.72. The van der Waals surface area contributed by atoms with E-state index in [0.717, 1.165) is 22.4 Å². The van der Waals surface area contributed by atoms with Crippen molar-refractivity contribution in [3.63, 3.8) is 0 Å². The van der Waals surface area contributed by atoms with Crippen molar-refractivity contribution < 1.29 is 28.6 Å². The fourth-order valence-corrected chi connectivity index (χ4v) is 6.82. The monoisotopic (exact) mass is 542 g/mol. The fourth-order valence-electron chi connectivity index (χ4n) is 6.82. The lowest BCUT2D eigenvalue weighted by Crippen LogP contribution is -2.50. The molecule has 1 aliphatic carbocycles. The summed E-state index contributed by atoms with van der Waals surface area (Å²) in [7, 11) is 4.87. The lowest BCUT2D eigenvalue weighted by atomic mass is 9.64. The van der Waals surface area contributed by atoms with Crippen LogP contribution in [0.1, 0.15) is 66.9 Å². The number of aromatic nitrogens is 2. The van der Waals surface area contributed by atoms with E-state index >= 15 is 0 Å². The number of rotatable bonds is 7. The second-order valence-corrected chi connectivity index (χ2v) is 11.0. The maximum atomic E-state index is 12.6. The molecule has 2 heterocycles. The number of aliphatic hydroxyl groups excluding tert-OH is 1. The Labute approximate surface area is 233 Å². The molecule has 4 aromatic rings. The average Bonchev–Trinajstić information content (AvgIpc) is 3.62. The van der Waals surface area contributed by atoms with Crippen molar-refractivity contribution in [3.8, 4) is 23.0 Å². The van der Waals surface area contributed by atoms with E-state index in [4.69, 9.17) is 28.5 Å². The van der Waals surface area contributed by atoms with Gasteiger partial charge in [-0.25, -0.2) is 0 Å². The van der Waals surface area contributed by atoms with Gasteiger partial charge < -0.3 is 28.6 Å². The van der Waals surface area contributed by atoms with Crippen LogP contribution in [0, 0.1) is 0 Å². The van der Waals surface area contributed by atoms with Gasteiger partial charge in [-0.1, -0.05) is 61.5 Å². The molecule has 40 heavy (non-hydrogen) atoms. The predicted molar refractivity (Wildman–Crippen MR) is 149 cm³/mol. The highest BCUT2D eigenvalue weighted by atomic mass is 16.5. The molecular formula is C32H34N2O6. The summed E-state index contributed by atoms with van der Waals surface area (Å²) < 4.78 is 30.0. The van der Waals surface area contributed by atoms with Crippen LogP contribution in [-0.4, -0.2) is 42.7 Å². The number of fused-ring (bicyclic) bond motifs is 3. The highest BCUT2D eigenvalue weighted by Gasteiger charge is 2.75. The van der Waals surface area contributed by atoms with Crippen LogP contribution >= 0.6 is 0 Å². The number of methoxy groups -OCH3 is 3. The molecule has 8 nitrogen and oxygen atoms in total. The molecule has 3 aromatic carbocycles. The van der Waals surface area contributed by atoms with Crippen LogP contribution in [-0.2, 0) is 11.0 Å². The molecule has 208 valence electrons. The minimum atomic E-state index is -1.08. The molecule has 0 bridgehead atoms. The second kappa shape index (κ2) is 9.55. The summed E-state index contributed by atoms with van der Waals surface area (Å²) in [5.74, 6) is 2.56. The van der Waals surface area contributed by atoms with Gasteiger partial charge in [-0.15, -0.1) is 0 Å². The number of aliphatic hydroxyl groups is 1. The van der Waals surface area contributed by atoms with Gasteiger partial charge in [-0.2, -0.15) is 4.98 Å². The van der Waals surface area contributed by atoms with Crippen LogP contribution in [0.2, 0.25) is 0 Å². The smallest absolute Gasteiger partial charge is 0.233 e. The minimum absolute atomic E-state index is 0.0707. The minimum Gasteiger partial charge on any atom is -0.497 e. The van der Waals surface area contributed by atoms with Gasteiger partial charge in [0, 0.05) is 29.5 Å². The molecule has 0 spiro atoms. The van der Waals surface area contributed by atoms with Crippen molar-refractivity contribution in [2.75, 3.05) is 21.3 Å². The second-order valence-electron chi connectivity index (χ2n) is 11.0. The summed E-state index contributed by atoms with van der Waals surface area (Å²) in [6.07, 6.45) is -0.983. The molecule has 8 heteroatoms. The predicted octanol–water partition coefficient (Wildman–Crippen LogP) is 5.71. The number of hydrogen-bond donors (Lipinski definition) is 1. The standard InChI is InChI=1S/C32H34N2O6/c1-18(2)29-33-30(40-34-29)25-26(19-10-8-7-9-11-19)32(20-12-14-21(36-4)15-13-20)31(3,28(25)35)27-23(38-6)16-22(37-5)17-24(27)39-32/h7-18,25-26,28,35H,1-6H3/t25-,26-,28-,31-,32+/m1/s1. The van der Waals surface area contributed by atoms with Gasteiger partial charge in [0.15, 0.2) is 11.4 Å². The lowest BCUT2D eigenvalue weighted by molar-refractivity contribution is -0.00635. The maximum absolute atomic E-state index is 12.6. The first kappa shape index (κ1) is 26.2. The molecule has 5 atom stereocenters. The third-order valence-corrected chi connectivity index (χ3v) is 8.72. The topological polar surface area (TPSA) is 96.1 Å². The molecule has 0 saturated heterocycles. The summed E-state index contributed by atoms with van der Waals surface area (Å²) in [4.78, 5) is 4.79. The Morgan fingerprint density at radius 3 is 2.20 bits per heavy atom. The summed E-state index contributed by atoms with van der Waals surface area (Å²) in [6.45, 7) is 6.07. The zero-order chi connectivity index (χ0) is 28.2. The summed E-state index contributed by atoms with van der Waals surface area (Å²) in [5, 5.41) is 16.8. The SMILES string of the molecule is COc1ccc([C@@]23Oc4cc(OC)cc(OC)c4[C@]2(C)[C@H](O)[C@H](c2nc(C(C)C)no2)[C@H]3c2ccccc2)cc1. The summed E-state index contributed by atoms with van der Waals surface area (Å²) >= 11 is 0. The molecule has 0 radical (unpaired) electrons. The summed E-state index contributed by atoms with van der Waals surface area (Å²) in [6, 6.07) is 21.6. The molecule has 2 aliphatic rings. The van der Waals surface area contributed by atoms with E-state index in [1.54, 1.807) is 21.3 Å². The molecule has 0 amide bonds. The Hall–Kier alpha value is -4.04. The van der Waals surface area contributed by atoms with Crippen molar-refractivity contribution in [2.24, 2.45) is 0 Å². The van der Waals surface area contributed by atoms with Gasteiger partial charge in [-0.3, -0.25) is 0 Å². The first-order chi connectivity index (χ1) is 19.3. The van der Waals surface area contributed by atoms with Crippen molar-refractivity contribution in [2.45, 2.75) is 55.6 Å². The molecule has 6 rings (SSSR count). The van der Waals surface area contributed by atoms with Gasteiger partial charge in [0.05, 0.1) is 38.8 Å². The van der Waals surface area contributed by atoms with Crippen LogP contribution in [0.25, 0.3) is 0 Å². The summed E-state index contributed by atoms with van der Waals surface area (Å²) in [5.41, 5.74) is 0.554. The number of hydrogen-bond acceptors (Lipinski definition) is 8. The van der Waals surface area contributed by atoms with Gasteiger partial charge >= 0.3 is 0 Å². The van der Waals surface area contributed by atoms with Crippen molar-refractivity contribution >= 4 is 0 Å². The van der Waals surface area contributed by atoms with Gasteiger partial charge in [0.2, 0.25) is 5.89 Å². The Balaban J connectivity index is 1.69. The quantitative estimate of drug-likeness (QED) is 0.317. The molecule has 0 unspecified atom stereocenters. The van der Waals surface area contributed by atoms with E-state index in [1.165, 1.54) is 0 Å². The Morgan fingerprint density at radius 2 is 1.60 bits per heavy atom. The number of benzene rings is 3. The Bertz CT molecular complexity index is 1520. The normalized spacial score (nSPS) is 26.8. The van der Waals surface area contributed by atoms with Gasteiger partial charge in [0.1, 0.15) is 23.0 Å². The van der Waals surface area contributed by atoms with Crippen molar-refractivity contribution in [1.29, 1.82) is 0 Å². The van der Waals surface area contributed by atoms with E-state index in [9.17, 15) is 5.11 Å². The van der Waals surface area contributed by atoms with Gasteiger partial charge in [-0.05, 0) is 30.2 Å². The third-order valence-electron chi connectivity index (χ3n) is 8.72. The molecule has 1 aromatic heterocycles. The van der Waals surface area contributed by atoms with E-state index < -0.39 is 29.0 Å². The molecule has 1 aliphatic heterocycles. The fraction of sp³-hybridized carbons (Fsp3) is 0.375. The van der Waals surface area contributed by atoms with E-state index in [2.05, 4.69) is 17.3 Å². The first-order valence-corrected chi connectivity index (χ1v) is 13.5. The molecule has 1 N–H and O–H groups in total. The van der Waals surface area contributed by atoms with E-state index in [0.29, 0.717) is 29.0 Å². The Morgan fingerprint density at radius 1 is 0.900 bits per heavy atom. The lowest BCUT2D eigenvalue weighted by Gasteiger charge is -2.42.